The molecule has 2 aromatic carbocycles. The number of carboxylic acid groups (broad SMARTS) is 1. The number of aryl methyl sites for hydroxylation is 2. The van der Waals surface area contributed by atoms with Crippen molar-refractivity contribution in [1.82, 2.24) is 9.97 Å². The average Bonchev–Trinajstić information content (AvgIpc) is 3.28. The summed E-state index contributed by atoms with van der Waals surface area (Å²) in [5.74, 6) is 0.129. The van der Waals surface area contributed by atoms with Crippen LogP contribution in [0.3, 0.4) is 0 Å². The number of carbonyl (C=O) groups is 1. The molecule has 1 fully saturated rings. The van der Waals surface area contributed by atoms with Gasteiger partial charge < -0.3 is 10.0 Å². The van der Waals surface area contributed by atoms with Gasteiger partial charge in [0.15, 0.2) is 0 Å². The predicted molar refractivity (Wildman–Crippen MR) is 130 cm³/mol. The van der Waals surface area contributed by atoms with E-state index in [-0.39, 0.29) is 11.6 Å². The van der Waals surface area contributed by atoms with E-state index in [2.05, 4.69) is 88.2 Å². The Morgan fingerprint density at radius 3 is 2.50 bits per heavy atom. The number of hydrogen-bond acceptors (Lipinski definition) is 4. The molecule has 0 unspecified atom stereocenters. The van der Waals surface area contributed by atoms with Crippen molar-refractivity contribution >= 4 is 27.8 Å². The van der Waals surface area contributed by atoms with E-state index in [0.29, 0.717) is 24.0 Å². The van der Waals surface area contributed by atoms with Gasteiger partial charge in [-0.2, -0.15) is 0 Å². The monoisotopic (exact) mass is 493 g/mol. The minimum absolute atomic E-state index is 0.187. The van der Waals surface area contributed by atoms with Gasteiger partial charge in [0, 0.05) is 17.2 Å². The lowest BCUT2D eigenvalue weighted by molar-refractivity contribution is 0.0694. The zero-order valence-electron chi connectivity index (χ0n) is 18.5. The van der Waals surface area contributed by atoms with Crippen LogP contribution in [0, 0.1) is 0 Å². The second kappa shape index (κ2) is 9.82. The van der Waals surface area contributed by atoms with Crippen LogP contribution < -0.4 is 4.90 Å². The van der Waals surface area contributed by atoms with Crippen LogP contribution >= 0.6 is 15.9 Å². The number of anilines is 1. The Hall–Kier alpha value is -2.73. The van der Waals surface area contributed by atoms with E-state index in [1.807, 2.05) is 0 Å². The SMILES string of the molecule is CC(C)c1ccc(CCc2nc(N3CCC[C@@H]3c3ccc(Br)cc3)ncc2C(=O)O)cc1. The fourth-order valence-electron chi connectivity index (χ4n) is 4.28. The lowest BCUT2D eigenvalue weighted by atomic mass is 9.99. The Kier molecular flexibility index (Phi) is 6.89. The molecule has 32 heavy (non-hydrogen) atoms. The van der Waals surface area contributed by atoms with Crippen LogP contribution in [0.25, 0.3) is 0 Å². The molecule has 0 aliphatic carbocycles. The van der Waals surface area contributed by atoms with Crippen molar-refractivity contribution in [2.24, 2.45) is 0 Å². The smallest absolute Gasteiger partial charge is 0.339 e. The third kappa shape index (κ3) is 5.01. The topological polar surface area (TPSA) is 66.3 Å². The Bertz CT molecular complexity index is 1080. The summed E-state index contributed by atoms with van der Waals surface area (Å²) in [5, 5.41) is 9.67. The largest absolute Gasteiger partial charge is 0.478 e. The first-order valence-corrected chi connectivity index (χ1v) is 11.9. The van der Waals surface area contributed by atoms with Gasteiger partial charge >= 0.3 is 5.97 Å². The van der Waals surface area contributed by atoms with Crippen molar-refractivity contribution in [3.8, 4) is 0 Å². The van der Waals surface area contributed by atoms with Gasteiger partial charge in [0.05, 0.1) is 17.3 Å². The van der Waals surface area contributed by atoms with E-state index in [1.54, 1.807) is 0 Å². The fraction of sp³-hybridized carbons (Fsp3) is 0.346. The number of carboxylic acids is 1. The summed E-state index contributed by atoms with van der Waals surface area (Å²) in [7, 11) is 0. The van der Waals surface area contributed by atoms with Crippen LogP contribution in [-0.4, -0.2) is 27.6 Å². The molecular weight excluding hydrogens is 466 g/mol. The summed E-state index contributed by atoms with van der Waals surface area (Å²) in [4.78, 5) is 23.2. The molecule has 4 rings (SSSR count). The summed E-state index contributed by atoms with van der Waals surface area (Å²) in [6, 6.07) is 17.1. The number of aromatic carboxylic acids is 1. The van der Waals surface area contributed by atoms with Gasteiger partial charge in [-0.25, -0.2) is 14.8 Å². The van der Waals surface area contributed by atoms with Gasteiger partial charge in [0.2, 0.25) is 5.95 Å². The summed E-state index contributed by atoms with van der Waals surface area (Å²) >= 11 is 3.50. The average molecular weight is 494 g/mol. The molecule has 1 aromatic heterocycles. The van der Waals surface area contributed by atoms with Crippen molar-refractivity contribution in [2.45, 2.75) is 51.5 Å². The molecule has 2 heterocycles. The maximum Gasteiger partial charge on any atom is 0.339 e. The molecule has 0 amide bonds. The van der Waals surface area contributed by atoms with Crippen molar-refractivity contribution in [2.75, 3.05) is 11.4 Å². The van der Waals surface area contributed by atoms with Crippen LogP contribution in [0.4, 0.5) is 5.95 Å². The Labute approximate surface area is 197 Å². The highest BCUT2D eigenvalue weighted by atomic mass is 79.9. The van der Waals surface area contributed by atoms with Crippen molar-refractivity contribution in [1.29, 1.82) is 0 Å². The van der Waals surface area contributed by atoms with Gasteiger partial charge in [0.25, 0.3) is 0 Å². The Morgan fingerprint density at radius 2 is 1.84 bits per heavy atom. The summed E-state index contributed by atoms with van der Waals surface area (Å²) in [6.45, 7) is 5.22. The maximum atomic E-state index is 11.8. The van der Waals surface area contributed by atoms with E-state index >= 15 is 0 Å². The molecule has 3 aromatic rings. The van der Waals surface area contributed by atoms with Crippen LogP contribution in [0.2, 0.25) is 0 Å². The van der Waals surface area contributed by atoms with Gasteiger partial charge in [-0.1, -0.05) is 66.2 Å². The molecule has 0 saturated carbocycles. The van der Waals surface area contributed by atoms with E-state index in [0.717, 1.165) is 30.3 Å². The highest BCUT2D eigenvalue weighted by Gasteiger charge is 2.29. The first-order valence-electron chi connectivity index (χ1n) is 11.1. The summed E-state index contributed by atoms with van der Waals surface area (Å²) in [5.41, 5.74) is 4.49. The number of hydrogen-bond donors (Lipinski definition) is 1. The van der Waals surface area contributed by atoms with Crippen molar-refractivity contribution < 1.29 is 9.90 Å². The number of halogens is 1. The standard InChI is InChI=1S/C26H28BrN3O2/c1-17(2)19-8-5-18(6-9-19)7-14-23-22(25(31)32)16-28-26(29-23)30-15-3-4-24(30)20-10-12-21(27)13-11-20/h5-6,8-13,16-17,24H,3-4,7,14-15H2,1-2H3,(H,31,32)/t24-/m1/s1. The van der Waals surface area contributed by atoms with Crippen LogP contribution in [0.15, 0.2) is 59.2 Å². The highest BCUT2D eigenvalue weighted by molar-refractivity contribution is 9.10. The molecule has 0 radical (unpaired) electrons. The molecule has 5 nitrogen and oxygen atoms in total. The van der Waals surface area contributed by atoms with Gasteiger partial charge in [0.1, 0.15) is 0 Å². The minimum Gasteiger partial charge on any atom is -0.478 e. The van der Waals surface area contributed by atoms with E-state index < -0.39 is 5.97 Å². The zero-order chi connectivity index (χ0) is 22.7. The summed E-state index contributed by atoms with van der Waals surface area (Å²) in [6.07, 6.45) is 4.87. The Balaban J connectivity index is 1.57. The number of nitrogens with zero attached hydrogens (tertiary/aromatic N) is 3. The molecule has 1 aliphatic rings. The lowest BCUT2D eigenvalue weighted by Crippen LogP contribution is -2.25. The molecule has 1 N–H and O–H groups in total. The van der Waals surface area contributed by atoms with Crippen LogP contribution in [0.5, 0.6) is 0 Å². The predicted octanol–water partition coefficient (Wildman–Crippen LogP) is 6.19. The number of rotatable bonds is 7. The lowest BCUT2D eigenvalue weighted by Gasteiger charge is -2.25. The third-order valence-corrected chi connectivity index (χ3v) is 6.68. The molecule has 1 saturated heterocycles. The second-order valence-electron chi connectivity index (χ2n) is 8.63. The highest BCUT2D eigenvalue weighted by Crippen LogP contribution is 2.35. The van der Waals surface area contributed by atoms with E-state index in [1.165, 1.54) is 22.9 Å². The molecular formula is C26H28BrN3O2. The first kappa shape index (κ1) is 22.5. The second-order valence-corrected chi connectivity index (χ2v) is 9.55. The van der Waals surface area contributed by atoms with Crippen molar-refractivity contribution in [3.63, 3.8) is 0 Å². The van der Waals surface area contributed by atoms with Gasteiger partial charge in [-0.15, -0.1) is 0 Å². The normalized spacial score (nSPS) is 16.0. The maximum absolute atomic E-state index is 11.8. The third-order valence-electron chi connectivity index (χ3n) is 6.15. The first-order chi connectivity index (χ1) is 15.4. The molecule has 6 heteroatoms. The number of aromatic nitrogens is 2. The molecule has 0 bridgehead atoms. The van der Waals surface area contributed by atoms with Gasteiger partial charge in [-0.05, 0) is 60.4 Å². The van der Waals surface area contributed by atoms with Crippen LogP contribution in [-0.2, 0) is 12.8 Å². The molecule has 166 valence electrons. The molecule has 1 atom stereocenters. The minimum atomic E-state index is -0.979. The van der Waals surface area contributed by atoms with E-state index in [9.17, 15) is 9.90 Å². The molecule has 1 aliphatic heterocycles. The summed E-state index contributed by atoms with van der Waals surface area (Å²) < 4.78 is 1.05. The molecule has 0 spiro atoms. The Morgan fingerprint density at radius 1 is 1.12 bits per heavy atom. The number of benzene rings is 2. The van der Waals surface area contributed by atoms with Crippen LogP contribution in [0.1, 0.15) is 71.4 Å². The fourth-order valence-corrected chi connectivity index (χ4v) is 4.55. The van der Waals surface area contributed by atoms with Crippen molar-refractivity contribution in [3.05, 3.63) is 87.1 Å². The quantitative estimate of drug-likeness (QED) is 0.425. The van der Waals surface area contributed by atoms with Gasteiger partial charge in [-0.3, -0.25) is 0 Å². The zero-order valence-corrected chi connectivity index (χ0v) is 20.0. The van der Waals surface area contributed by atoms with E-state index in [4.69, 9.17) is 4.98 Å².